The third kappa shape index (κ3) is 7.74. The summed E-state index contributed by atoms with van der Waals surface area (Å²) in [6.07, 6.45) is 7.83. The highest BCUT2D eigenvalue weighted by Crippen LogP contribution is 2.36. The van der Waals surface area contributed by atoms with Gasteiger partial charge in [0, 0.05) is 31.9 Å². The third-order valence-electron chi connectivity index (χ3n) is 5.44. The number of unbranched alkanes of at least 4 members (excludes halogenated alkanes) is 1. The van der Waals surface area contributed by atoms with Crippen molar-refractivity contribution in [2.75, 3.05) is 13.7 Å². The normalized spacial score (nSPS) is 14.7. The van der Waals surface area contributed by atoms with E-state index in [1.807, 2.05) is 6.21 Å². The van der Waals surface area contributed by atoms with Crippen molar-refractivity contribution >= 4 is 18.0 Å². The summed E-state index contributed by atoms with van der Waals surface area (Å²) in [5, 5.41) is 19.6. The van der Waals surface area contributed by atoms with Crippen LogP contribution in [0.3, 0.4) is 0 Å². The first kappa shape index (κ1) is 24.4. The Balaban J connectivity index is 2.05. The number of rotatable bonds is 13. The van der Waals surface area contributed by atoms with Crippen LogP contribution in [-0.4, -0.2) is 47.9 Å². The number of phenolic OH excluding ortho intramolecular Hbond substituents is 2. The molecule has 1 aromatic carbocycles. The first-order valence-corrected chi connectivity index (χ1v) is 10.8. The van der Waals surface area contributed by atoms with Gasteiger partial charge in [-0.2, -0.15) is 0 Å². The monoisotopic (exact) mass is 431 g/mol. The number of aliphatic imine (C=N–C) groups is 1. The van der Waals surface area contributed by atoms with Crippen LogP contribution in [0.5, 0.6) is 17.2 Å². The number of hydrogen-bond donors (Lipinski definition) is 2. The van der Waals surface area contributed by atoms with E-state index in [9.17, 15) is 19.8 Å². The summed E-state index contributed by atoms with van der Waals surface area (Å²) < 4.78 is 10.6. The van der Waals surface area contributed by atoms with Crippen molar-refractivity contribution in [1.29, 1.82) is 0 Å². The molecule has 0 saturated heterocycles. The number of nitrogens with zero attached hydrogens (tertiary/aromatic N) is 1. The van der Waals surface area contributed by atoms with E-state index in [0.29, 0.717) is 18.5 Å². The van der Waals surface area contributed by atoms with Gasteiger partial charge in [0.25, 0.3) is 0 Å². The van der Waals surface area contributed by atoms with Crippen LogP contribution in [0.2, 0.25) is 0 Å². The minimum Gasteiger partial charge on any atom is -0.504 e. The molecule has 0 unspecified atom stereocenters. The van der Waals surface area contributed by atoms with E-state index in [-0.39, 0.29) is 47.8 Å². The maximum absolute atomic E-state index is 12.8. The van der Waals surface area contributed by atoms with Crippen LogP contribution in [0.15, 0.2) is 28.8 Å². The molecule has 1 aliphatic rings. The number of carbonyl (C=O) groups excluding carboxylic acids is 2. The minimum absolute atomic E-state index is 0.0200. The average Bonchev–Trinajstić information content (AvgIpc) is 3.24. The van der Waals surface area contributed by atoms with Gasteiger partial charge in [-0.25, -0.2) is 0 Å². The summed E-state index contributed by atoms with van der Waals surface area (Å²) in [7, 11) is 1.40. The molecular formula is C24H33NO6. The molecule has 7 nitrogen and oxygen atoms in total. The Bertz CT molecular complexity index is 830. The van der Waals surface area contributed by atoms with Crippen molar-refractivity contribution in [3.05, 3.63) is 29.3 Å². The van der Waals surface area contributed by atoms with E-state index in [1.165, 1.54) is 20.1 Å². The predicted molar refractivity (Wildman–Crippen MR) is 119 cm³/mol. The van der Waals surface area contributed by atoms with Crippen molar-refractivity contribution in [3.8, 4) is 17.2 Å². The number of benzene rings is 1. The van der Waals surface area contributed by atoms with Gasteiger partial charge in [0.05, 0.1) is 13.7 Å². The molecule has 1 aliphatic heterocycles. The number of ether oxygens (including phenoxy) is 2. The quantitative estimate of drug-likeness (QED) is 0.359. The molecule has 2 atom stereocenters. The van der Waals surface area contributed by atoms with Crippen LogP contribution in [0.25, 0.3) is 0 Å². The largest absolute Gasteiger partial charge is 0.504 e. The number of carbonyl (C=O) groups is 2. The number of phenols is 2. The molecule has 0 aromatic heterocycles. The Kier molecular flexibility index (Phi) is 9.56. The highest BCUT2D eigenvalue weighted by Gasteiger charge is 2.27. The van der Waals surface area contributed by atoms with Gasteiger partial charge in [-0.3, -0.25) is 14.6 Å². The maximum Gasteiger partial charge on any atom is 0.302 e. The van der Waals surface area contributed by atoms with Crippen LogP contribution in [0, 0.1) is 5.92 Å². The number of allylic oxidation sites excluding steroid dienone is 1. The van der Waals surface area contributed by atoms with Crippen molar-refractivity contribution < 1.29 is 29.3 Å². The lowest BCUT2D eigenvalue weighted by molar-refractivity contribution is -0.150. The van der Waals surface area contributed by atoms with E-state index in [0.717, 1.165) is 31.3 Å². The highest BCUT2D eigenvalue weighted by molar-refractivity contribution is 5.81. The Morgan fingerprint density at radius 2 is 2.03 bits per heavy atom. The Labute approximate surface area is 183 Å². The van der Waals surface area contributed by atoms with Crippen LogP contribution in [-0.2, 0) is 20.7 Å². The summed E-state index contributed by atoms with van der Waals surface area (Å²) in [6, 6.07) is 3.02. The highest BCUT2D eigenvalue weighted by atomic mass is 16.5. The van der Waals surface area contributed by atoms with Crippen LogP contribution < -0.4 is 4.74 Å². The lowest BCUT2D eigenvalue weighted by atomic mass is 9.86. The first-order valence-electron chi connectivity index (χ1n) is 10.8. The zero-order valence-corrected chi connectivity index (χ0v) is 18.6. The molecule has 7 heteroatoms. The van der Waals surface area contributed by atoms with Gasteiger partial charge in [-0.15, -0.1) is 0 Å². The third-order valence-corrected chi connectivity index (χ3v) is 5.44. The molecule has 31 heavy (non-hydrogen) atoms. The van der Waals surface area contributed by atoms with Gasteiger partial charge in [0.2, 0.25) is 5.75 Å². The van der Waals surface area contributed by atoms with E-state index in [1.54, 1.807) is 6.07 Å². The van der Waals surface area contributed by atoms with Gasteiger partial charge in [0.1, 0.15) is 11.9 Å². The van der Waals surface area contributed by atoms with Crippen LogP contribution in [0.4, 0.5) is 0 Å². The molecular weight excluding hydrogens is 398 g/mol. The smallest absolute Gasteiger partial charge is 0.302 e. The van der Waals surface area contributed by atoms with E-state index >= 15 is 0 Å². The second-order valence-electron chi connectivity index (χ2n) is 7.94. The molecule has 2 rings (SSSR count). The second kappa shape index (κ2) is 12.1. The van der Waals surface area contributed by atoms with E-state index in [4.69, 9.17) is 9.47 Å². The summed E-state index contributed by atoms with van der Waals surface area (Å²) in [5.41, 5.74) is 1.80. The number of aromatic hydroxyl groups is 2. The Morgan fingerprint density at radius 1 is 1.26 bits per heavy atom. The van der Waals surface area contributed by atoms with Crippen molar-refractivity contribution in [3.63, 3.8) is 0 Å². The number of hydrogen-bond acceptors (Lipinski definition) is 7. The van der Waals surface area contributed by atoms with E-state index < -0.39 is 6.10 Å². The molecule has 0 saturated carbocycles. The van der Waals surface area contributed by atoms with Gasteiger partial charge in [-0.05, 0) is 42.5 Å². The molecule has 0 radical (unpaired) electrons. The molecule has 1 heterocycles. The van der Waals surface area contributed by atoms with E-state index in [2.05, 4.69) is 18.0 Å². The molecule has 0 amide bonds. The predicted octanol–water partition coefficient (Wildman–Crippen LogP) is 4.14. The molecule has 1 aromatic rings. The van der Waals surface area contributed by atoms with Crippen molar-refractivity contribution in [1.82, 2.24) is 0 Å². The maximum atomic E-state index is 12.8. The fourth-order valence-corrected chi connectivity index (χ4v) is 3.79. The number of ketones is 1. The molecule has 0 aliphatic carbocycles. The van der Waals surface area contributed by atoms with Gasteiger partial charge in [-0.1, -0.05) is 25.8 Å². The average molecular weight is 432 g/mol. The Hall–Kier alpha value is -2.83. The summed E-state index contributed by atoms with van der Waals surface area (Å²) in [4.78, 5) is 28.7. The molecule has 0 spiro atoms. The van der Waals surface area contributed by atoms with Crippen molar-refractivity contribution in [2.24, 2.45) is 10.9 Å². The van der Waals surface area contributed by atoms with Crippen LogP contribution in [0.1, 0.15) is 57.9 Å². The lowest BCUT2D eigenvalue weighted by Gasteiger charge is -2.26. The SMILES string of the molecule is CCCC[C@H](CC1=CCN=C1)[C@H](CC(=O)CCc1cc(O)c(O)c(OC)c1)OC(C)=O. The lowest BCUT2D eigenvalue weighted by Crippen LogP contribution is -2.29. The summed E-state index contributed by atoms with van der Waals surface area (Å²) in [5.74, 6) is -0.801. The first-order chi connectivity index (χ1) is 14.8. The summed E-state index contributed by atoms with van der Waals surface area (Å²) in [6.45, 7) is 4.16. The minimum atomic E-state index is -0.478. The van der Waals surface area contributed by atoms with Crippen molar-refractivity contribution in [2.45, 2.75) is 64.9 Å². The Morgan fingerprint density at radius 3 is 2.65 bits per heavy atom. The van der Waals surface area contributed by atoms with Gasteiger partial charge < -0.3 is 19.7 Å². The molecule has 170 valence electrons. The molecule has 0 fully saturated rings. The summed E-state index contributed by atoms with van der Waals surface area (Å²) >= 11 is 0. The fourth-order valence-electron chi connectivity index (χ4n) is 3.79. The molecule has 0 bridgehead atoms. The standard InChI is InChI=1S/C24H33NO6/c1-4-5-6-19(11-18-9-10-25-15-18)22(31-16(2)26)14-20(27)8-7-17-12-21(28)24(29)23(13-17)30-3/h9,12-13,15,19,22,28-29H,4-8,10-11,14H2,1-3H3/t19-,22+/m1/s1. The molecule has 2 N–H and O–H groups in total. The topological polar surface area (TPSA) is 105 Å². The number of aryl methyl sites for hydroxylation is 1. The van der Waals surface area contributed by atoms with Gasteiger partial charge in [0.15, 0.2) is 11.5 Å². The zero-order valence-electron chi connectivity index (χ0n) is 18.6. The second-order valence-corrected chi connectivity index (χ2v) is 7.94. The van der Waals surface area contributed by atoms with Crippen LogP contribution >= 0.6 is 0 Å². The number of Topliss-reactive ketones (excluding diaryl/α,β-unsaturated/α-hetero) is 1. The number of methoxy groups -OCH3 is 1. The number of esters is 1. The van der Waals surface area contributed by atoms with Gasteiger partial charge >= 0.3 is 5.97 Å². The fraction of sp³-hybridized carbons (Fsp3) is 0.542. The zero-order chi connectivity index (χ0) is 22.8.